The predicted octanol–water partition coefficient (Wildman–Crippen LogP) is 3.58. The van der Waals surface area contributed by atoms with Crippen LogP contribution < -0.4 is 25.2 Å². The minimum absolute atomic E-state index is 0.00836. The second-order valence-electron chi connectivity index (χ2n) is 12.3. The van der Waals surface area contributed by atoms with Crippen LogP contribution in [-0.4, -0.2) is 58.9 Å². The third-order valence-electron chi connectivity index (χ3n) is 9.25. The molecule has 0 unspecified atom stereocenters. The van der Waals surface area contributed by atoms with E-state index in [0.717, 1.165) is 27.4 Å². The number of fused-ring (bicyclic) bond motifs is 2. The number of nitrogens with one attached hydrogen (secondary N) is 1. The van der Waals surface area contributed by atoms with Gasteiger partial charge in [-0.05, 0) is 37.8 Å². The van der Waals surface area contributed by atoms with Gasteiger partial charge in [0, 0.05) is 58.4 Å². The summed E-state index contributed by atoms with van der Waals surface area (Å²) in [5.41, 5.74) is -0.268. The van der Waals surface area contributed by atoms with Crippen LogP contribution in [-0.2, 0) is 12.0 Å². The molecule has 2 atom stereocenters. The smallest absolute Gasteiger partial charge is 0.398 e. The molecule has 10 nitrogen and oxygen atoms in total. The zero-order valence-corrected chi connectivity index (χ0v) is 25.0. The molecule has 45 heavy (non-hydrogen) atoms. The van der Waals surface area contributed by atoms with E-state index in [9.17, 15) is 33.5 Å². The van der Waals surface area contributed by atoms with Crippen molar-refractivity contribution < 1.29 is 27.7 Å². The second kappa shape index (κ2) is 10.4. The Labute approximate surface area is 259 Å². The standard InChI is InChI=1S/C31H29F3N6O4S/c1-29(17-41)12-20(15-36-29)38-6-7-44-25-9-18(13-35)8-23(27(25)38)22-2-5-40(43)24-11-21(45-28(22)24)16-39-26(42)10-19(14-37-39)30(3-4-30)31(32,33)34/h2,5,8-11,14,20,36,41H,3-4,6-7,12,15-17H2,1H3/t20-,29+/m0/s1. The summed E-state index contributed by atoms with van der Waals surface area (Å²) < 4.78 is 49.3. The van der Waals surface area contributed by atoms with E-state index in [1.165, 1.54) is 17.5 Å². The number of anilines is 1. The third kappa shape index (κ3) is 4.90. The Bertz CT molecular complexity index is 1930. The van der Waals surface area contributed by atoms with E-state index in [-0.39, 0.29) is 37.6 Å². The number of hydrogen-bond donors (Lipinski definition) is 2. The lowest BCUT2D eigenvalue weighted by Crippen LogP contribution is -2.42. The molecule has 234 valence electrons. The molecule has 0 spiro atoms. The maximum absolute atomic E-state index is 13.6. The number of rotatable bonds is 6. The van der Waals surface area contributed by atoms with Crippen molar-refractivity contribution in [2.45, 2.75) is 55.9 Å². The fourth-order valence-corrected chi connectivity index (χ4v) is 7.74. The van der Waals surface area contributed by atoms with Crippen molar-refractivity contribution in [1.29, 1.82) is 5.26 Å². The molecule has 1 aliphatic carbocycles. The average molecular weight is 639 g/mol. The number of alkyl halides is 3. The summed E-state index contributed by atoms with van der Waals surface area (Å²) in [7, 11) is 0. The average Bonchev–Trinajstić information content (AvgIpc) is 3.60. The highest BCUT2D eigenvalue weighted by Gasteiger charge is 2.64. The van der Waals surface area contributed by atoms with Gasteiger partial charge in [0.1, 0.15) is 17.1 Å². The van der Waals surface area contributed by atoms with Crippen LogP contribution in [0.15, 0.2) is 47.5 Å². The van der Waals surface area contributed by atoms with E-state index < -0.39 is 22.7 Å². The second-order valence-corrected chi connectivity index (χ2v) is 13.4. The molecule has 0 amide bonds. The highest BCUT2D eigenvalue weighted by molar-refractivity contribution is 7.19. The van der Waals surface area contributed by atoms with Crippen molar-refractivity contribution in [3.8, 4) is 22.9 Å². The minimum Gasteiger partial charge on any atom is -0.618 e. The van der Waals surface area contributed by atoms with Crippen molar-refractivity contribution in [1.82, 2.24) is 15.1 Å². The van der Waals surface area contributed by atoms with Gasteiger partial charge in [0.2, 0.25) is 5.52 Å². The zero-order valence-electron chi connectivity index (χ0n) is 24.2. The number of aliphatic hydroxyl groups excluding tert-OH is 1. The number of aliphatic hydroxyl groups is 1. The van der Waals surface area contributed by atoms with Gasteiger partial charge >= 0.3 is 6.18 Å². The highest BCUT2D eigenvalue weighted by atomic mass is 32.1. The van der Waals surface area contributed by atoms with Gasteiger partial charge in [0.05, 0.1) is 48.6 Å². The molecule has 2 fully saturated rings. The van der Waals surface area contributed by atoms with E-state index in [1.807, 2.05) is 6.92 Å². The Morgan fingerprint density at radius 1 is 1.29 bits per heavy atom. The maximum Gasteiger partial charge on any atom is 0.398 e. The summed E-state index contributed by atoms with van der Waals surface area (Å²) in [4.78, 5) is 15.7. The maximum atomic E-state index is 13.6. The molecule has 2 aliphatic heterocycles. The van der Waals surface area contributed by atoms with Crippen LogP contribution in [0.3, 0.4) is 0 Å². The summed E-state index contributed by atoms with van der Waals surface area (Å²) >= 11 is 1.28. The molecule has 0 bridgehead atoms. The van der Waals surface area contributed by atoms with Gasteiger partial charge in [-0.3, -0.25) is 4.79 Å². The van der Waals surface area contributed by atoms with Crippen molar-refractivity contribution in [2.24, 2.45) is 0 Å². The Hall–Kier alpha value is -4.19. The molecule has 1 saturated carbocycles. The number of hydrogen-bond acceptors (Lipinski definition) is 9. The summed E-state index contributed by atoms with van der Waals surface area (Å²) in [6, 6.07) is 10.1. The molecule has 1 aromatic carbocycles. The first-order valence-electron chi connectivity index (χ1n) is 14.6. The van der Waals surface area contributed by atoms with E-state index in [4.69, 9.17) is 4.74 Å². The summed E-state index contributed by atoms with van der Waals surface area (Å²) in [5.74, 6) is 0.555. The molecule has 5 heterocycles. The van der Waals surface area contributed by atoms with E-state index in [0.29, 0.717) is 63.7 Å². The molecule has 4 aromatic rings. The Morgan fingerprint density at radius 2 is 2.09 bits per heavy atom. The van der Waals surface area contributed by atoms with Crippen LogP contribution in [0, 0.1) is 16.5 Å². The topological polar surface area (TPSA) is 130 Å². The van der Waals surface area contributed by atoms with E-state index >= 15 is 0 Å². The number of pyridine rings is 1. The van der Waals surface area contributed by atoms with Gasteiger partial charge in [-0.2, -0.15) is 28.3 Å². The van der Waals surface area contributed by atoms with Crippen molar-refractivity contribution in [2.75, 3.05) is 31.2 Å². The van der Waals surface area contributed by atoms with Crippen molar-refractivity contribution in [3.05, 3.63) is 74.3 Å². The Kier molecular flexibility index (Phi) is 6.84. The number of thiophene rings is 1. The first-order chi connectivity index (χ1) is 21.4. The van der Waals surface area contributed by atoms with Crippen LogP contribution in [0.1, 0.15) is 42.2 Å². The van der Waals surface area contributed by atoms with Crippen LogP contribution in [0.4, 0.5) is 18.9 Å². The van der Waals surface area contributed by atoms with Gasteiger partial charge < -0.3 is 25.3 Å². The lowest BCUT2D eigenvalue weighted by molar-refractivity contribution is -0.576. The molecular formula is C31H29F3N6O4S. The van der Waals surface area contributed by atoms with Crippen molar-refractivity contribution in [3.63, 3.8) is 0 Å². The summed E-state index contributed by atoms with van der Waals surface area (Å²) in [6.45, 7) is 3.60. The van der Waals surface area contributed by atoms with Gasteiger partial charge in [-0.25, -0.2) is 4.68 Å². The number of nitriles is 1. The first kappa shape index (κ1) is 29.5. The molecule has 0 radical (unpaired) electrons. The fourth-order valence-electron chi connectivity index (χ4n) is 6.58. The monoisotopic (exact) mass is 638 g/mol. The van der Waals surface area contributed by atoms with Crippen molar-refractivity contribution >= 4 is 27.2 Å². The number of ether oxygens (including phenoxy) is 1. The van der Waals surface area contributed by atoms with Gasteiger partial charge in [0.15, 0.2) is 6.20 Å². The molecule has 14 heteroatoms. The van der Waals surface area contributed by atoms with Gasteiger partial charge in [-0.15, -0.1) is 11.3 Å². The fraction of sp³-hybridized carbons (Fsp3) is 0.419. The third-order valence-corrected chi connectivity index (χ3v) is 10.4. The normalized spacial score (nSPS) is 22.2. The lowest BCUT2D eigenvalue weighted by Gasteiger charge is -2.38. The Morgan fingerprint density at radius 3 is 2.76 bits per heavy atom. The zero-order chi connectivity index (χ0) is 31.7. The number of benzene rings is 1. The number of halogens is 3. The number of nitrogens with zero attached hydrogens (tertiary/aromatic N) is 5. The molecular weight excluding hydrogens is 609 g/mol. The molecule has 1 saturated heterocycles. The summed E-state index contributed by atoms with van der Waals surface area (Å²) in [6.07, 6.45) is -1.39. The van der Waals surface area contributed by atoms with Gasteiger partial charge in [0.25, 0.3) is 5.56 Å². The number of aromatic nitrogens is 3. The first-order valence-corrected chi connectivity index (χ1v) is 15.4. The largest absolute Gasteiger partial charge is 0.618 e. The summed E-state index contributed by atoms with van der Waals surface area (Å²) in [5, 5.41) is 40.2. The molecule has 3 aliphatic rings. The minimum atomic E-state index is -4.45. The van der Waals surface area contributed by atoms with Crippen LogP contribution in [0.5, 0.6) is 5.75 Å². The quantitative estimate of drug-likeness (QED) is 0.242. The van der Waals surface area contributed by atoms with Crippen LogP contribution >= 0.6 is 11.3 Å². The molecule has 7 rings (SSSR count). The SMILES string of the molecule is C[C@]1(CO)C[C@H](N2CCOc3cc(C#N)cc(-c4cc[n+]([O-])c5cc(Cn6ncc(C7(C(F)(F)F)CC7)cc6=O)sc45)c32)CN1. The van der Waals surface area contributed by atoms with E-state index in [1.54, 1.807) is 24.3 Å². The Balaban J connectivity index is 1.29. The predicted molar refractivity (Wildman–Crippen MR) is 160 cm³/mol. The van der Waals surface area contributed by atoms with Crippen LogP contribution in [0.2, 0.25) is 0 Å². The molecule has 2 N–H and O–H groups in total. The molecule has 3 aromatic heterocycles. The van der Waals surface area contributed by atoms with E-state index in [2.05, 4.69) is 21.4 Å². The highest BCUT2D eigenvalue weighted by Crippen LogP contribution is 2.58. The van der Waals surface area contributed by atoms with Gasteiger partial charge in [-0.1, -0.05) is 0 Å². The lowest BCUT2D eigenvalue weighted by atomic mass is 9.95. The van der Waals surface area contributed by atoms with Crippen LogP contribution in [0.25, 0.3) is 21.3 Å².